The fraction of sp³-hybridized carbons (Fsp3) is 0.318. The molecule has 3 aromatic rings. The van der Waals surface area contributed by atoms with E-state index in [2.05, 4.69) is 6.07 Å². The quantitative estimate of drug-likeness (QED) is 0.516. The summed E-state index contributed by atoms with van der Waals surface area (Å²) >= 11 is 0. The van der Waals surface area contributed by atoms with Gasteiger partial charge in [-0.1, -0.05) is 12.1 Å². The SMILES string of the molecule is CS(=O)(=O)c1cc(F)cc2c3c(n([C@@H](C#N)c4ccc(C(F)(F)F)cc4)c12)CCCC3. The maximum absolute atomic E-state index is 14.3. The number of halogens is 4. The molecule has 2 aromatic carbocycles. The number of fused-ring (bicyclic) bond motifs is 3. The molecule has 1 aliphatic carbocycles. The number of sulfone groups is 1. The Morgan fingerprint density at radius 1 is 1.10 bits per heavy atom. The molecule has 0 fully saturated rings. The molecule has 0 N–H and O–H groups in total. The van der Waals surface area contributed by atoms with Crippen molar-refractivity contribution in [1.29, 1.82) is 5.26 Å². The third-order valence-electron chi connectivity index (χ3n) is 5.67. The zero-order valence-electron chi connectivity index (χ0n) is 16.5. The van der Waals surface area contributed by atoms with Gasteiger partial charge in [0.1, 0.15) is 11.9 Å². The van der Waals surface area contributed by atoms with Gasteiger partial charge in [-0.25, -0.2) is 12.8 Å². The molecule has 4 nitrogen and oxygen atoms in total. The average molecular weight is 450 g/mol. The van der Waals surface area contributed by atoms with Crippen LogP contribution in [0.5, 0.6) is 0 Å². The lowest BCUT2D eigenvalue weighted by atomic mass is 9.95. The fourth-order valence-corrected chi connectivity index (χ4v) is 5.22. The summed E-state index contributed by atoms with van der Waals surface area (Å²) in [6.45, 7) is 0. The molecule has 1 aliphatic rings. The van der Waals surface area contributed by atoms with Crippen molar-refractivity contribution in [2.75, 3.05) is 6.26 Å². The first kappa shape index (κ1) is 21.4. The van der Waals surface area contributed by atoms with Crippen molar-refractivity contribution >= 4 is 20.7 Å². The number of alkyl halides is 3. The highest BCUT2D eigenvalue weighted by molar-refractivity contribution is 7.91. The van der Waals surface area contributed by atoms with Gasteiger partial charge in [0.05, 0.1) is 22.0 Å². The summed E-state index contributed by atoms with van der Waals surface area (Å²) in [5.74, 6) is -0.693. The van der Waals surface area contributed by atoms with Crippen molar-refractivity contribution in [3.63, 3.8) is 0 Å². The summed E-state index contributed by atoms with van der Waals surface area (Å²) in [6.07, 6.45) is -0.720. The molecular formula is C22H18F4N2O2S. The molecule has 0 bridgehead atoms. The molecule has 1 heterocycles. The smallest absolute Gasteiger partial charge is 0.323 e. The Hall–Kier alpha value is -2.86. The molecular weight excluding hydrogens is 432 g/mol. The molecule has 4 rings (SSSR count). The Bertz CT molecular complexity index is 1320. The predicted octanol–water partition coefficient (Wildman–Crippen LogP) is 5.19. The minimum Gasteiger partial charge on any atom is -0.323 e. The first-order valence-corrected chi connectivity index (χ1v) is 11.5. The van der Waals surface area contributed by atoms with Crippen LogP contribution in [0.4, 0.5) is 17.6 Å². The molecule has 0 saturated carbocycles. The van der Waals surface area contributed by atoms with Crippen molar-refractivity contribution in [2.45, 2.75) is 42.8 Å². The second-order valence-electron chi connectivity index (χ2n) is 7.73. The standard InChI is InChI=1S/C22H18F4N2O2S/c1-31(29,30)20-11-15(23)10-17-16-4-2-3-5-18(16)28(21(17)20)19(12-27)13-6-8-14(9-7-13)22(24,25)26/h6-11,19H,2-5H2,1H3/t19-/m0/s1. The maximum Gasteiger partial charge on any atom is 0.416 e. The first-order chi connectivity index (χ1) is 14.5. The fourth-order valence-electron chi connectivity index (χ4n) is 4.34. The summed E-state index contributed by atoms with van der Waals surface area (Å²) in [5.41, 5.74) is 1.19. The zero-order chi connectivity index (χ0) is 22.6. The second-order valence-corrected chi connectivity index (χ2v) is 9.71. The predicted molar refractivity (Wildman–Crippen MR) is 107 cm³/mol. The van der Waals surface area contributed by atoms with Crippen molar-refractivity contribution in [3.05, 3.63) is 64.6 Å². The molecule has 0 amide bonds. The summed E-state index contributed by atoms with van der Waals surface area (Å²) in [4.78, 5) is -0.232. The van der Waals surface area contributed by atoms with E-state index in [1.807, 2.05) is 0 Å². The summed E-state index contributed by atoms with van der Waals surface area (Å²) in [5, 5.41) is 10.4. The van der Waals surface area contributed by atoms with Gasteiger partial charge in [-0.3, -0.25) is 0 Å². The van der Waals surface area contributed by atoms with Gasteiger partial charge in [-0.05, 0) is 61.1 Å². The second kappa shape index (κ2) is 7.38. The largest absolute Gasteiger partial charge is 0.416 e. The average Bonchev–Trinajstić information content (AvgIpc) is 3.01. The van der Waals surface area contributed by atoms with E-state index in [1.165, 1.54) is 18.2 Å². The Kier molecular flexibility index (Phi) is 5.09. The lowest BCUT2D eigenvalue weighted by molar-refractivity contribution is -0.137. The molecule has 0 saturated heterocycles. The molecule has 1 aromatic heterocycles. The van der Waals surface area contributed by atoms with Crippen LogP contribution in [0.1, 0.15) is 41.3 Å². The van der Waals surface area contributed by atoms with Crippen molar-refractivity contribution in [3.8, 4) is 6.07 Å². The number of aromatic nitrogens is 1. The van der Waals surface area contributed by atoms with Crippen molar-refractivity contribution < 1.29 is 26.0 Å². The summed E-state index contributed by atoms with van der Waals surface area (Å²) in [7, 11) is -3.84. The van der Waals surface area contributed by atoms with E-state index in [4.69, 9.17) is 0 Å². The molecule has 0 radical (unpaired) electrons. The molecule has 9 heteroatoms. The van der Waals surface area contributed by atoms with Gasteiger partial charge >= 0.3 is 6.18 Å². The lowest BCUT2D eigenvalue weighted by Crippen LogP contribution is -2.16. The number of aryl methyl sites for hydroxylation is 1. The van der Waals surface area contributed by atoms with E-state index in [1.54, 1.807) is 4.57 Å². The zero-order valence-corrected chi connectivity index (χ0v) is 17.3. The van der Waals surface area contributed by atoms with Gasteiger partial charge in [-0.15, -0.1) is 0 Å². The van der Waals surface area contributed by atoms with Crippen LogP contribution < -0.4 is 0 Å². The van der Waals surface area contributed by atoms with E-state index < -0.39 is 33.4 Å². The molecule has 162 valence electrons. The highest BCUT2D eigenvalue weighted by Crippen LogP contribution is 2.40. The Morgan fingerprint density at radius 2 is 1.74 bits per heavy atom. The van der Waals surface area contributed by atoms with E-state index in [0.29, 0.717) is 23.8 Å². The number of nitrogens with zero attached hydrogens (tertiary/aromatic N) is 2. The monoisotopic (exact) mass is 450 g/mol. The van der Waals surface area contributed by atoms with Gasteiger partial charge in [0.25, 0.3) is 0 Å². The van der Waals surface area contributed by atoms with Gasteiger partial charge in [-0.2, -0.15) is 18.4 Å². The number of nitriles is 1. The van der Waals surface area contributed by atoms with Gasteiger partial charge in [0, 0.05) is 17.3 Å². The molecule has 0 unspecified atom stereocenters. The lowest BCUT2D eigenvalue weighted by Gasteiger charge is -2.21. The van der Waals surface area contributed by atoms with Crippen molar-refractivity contribution in [2.24, 2.45) is 0 Å². The summed E-state index contributed by atoms with van der Waals surface area (Å²) in [6, 6.07) is 7.49. The number of hydrogen-bond acceptors (Lipinski definition) is 3. The minimum atomic E-state index is -4.51. The van der Waals surface area contributed by atoms with Crippen LogP contribution in [0.2, 0.25) is 0 Å². The van der Waals surface area contributed by atoms with E-state index in [0.717, 1.165) is 48.6 Å². The molecule has 1 atom stereocenters. The van der Waals surface area contributed by atoms with E-state index >= 15 is 0 Å². The van der Waals surface area contributed by atoms with Gasteiger partial charge in [0.15, 0.2) is 9.84 Å². The van der Waals surface area contributed by atoms with Crippen LogP contribution in [0.15, 0.2) is 41.3 Å². The third kappa shape index (κ3) is 3.69. The van der Waals surface area contributed by atoms with Gasteiger partial charge in [0.2, 0.25) is 0 Å². The van der Waals surface area contributed by atoms with Crippen LogP contribution in [-0.2, 0) is 28.9 Å². The van der Waals surface area contributed by atoms with Crippen LogP contribution in [0.25, 0.3) is 10.9 Å². The number of benzene rings is 2. The van der Waals surface area contributed by atoms with E-state index in [-0.39, 0.29) is 10.4 Å². The Morgan fingerprint density at radius 3 is 2.32 bits per heavy atom. The topological polar surface area (TPSA) is 62.9 Å². The van der Waals surface area contributed by atoms with Crippen LogP contribution >= 0.6 is 0 Å². The molecule has 0 aliphatic heterocycles. The normalized spacial score (nSPS) is 15.5. The van der Waals surface area contributed by atoms with Crippen LogP contribution in [0, 0.1) is 17.1 Å². The Labute approximate surface area is 176 Å². The van der Waals surface area contributed by atoms with Gasteiger partial charge < -0.3 is 4.57 Å². The maximum atomic E-state index is 14.3. The minimum absolute atomic E-state index is 0.224. The van der Waals surface area contributed by atoms with Crippen LogP contribution in [0.3, 0.4) is 0 Å². The highest BCUT2D eigenvalue weighted by atomic mass is 32.2. The summed E-state index contributed by atoms with van der Waals surface area (Å²) < 4.78 is 79.7. The van der Waals surface area contributed by atoms with E-state index in [9.17, 15) is 31.2 Å². The number of rotatable bonds is 3. The highest BCUT2D eigenvalue weighted by Gasteiger charge is 2.32. The third-order valence-corrected chi connectivity index (χ3v) is 6.78. The van der Waals surface area contributed by atoms with Crippen LogP contribution in [-0.4, -0.2) is 19.2 Å². The Balaban J connectivity index is 2.03. The first-order valence-electron chi connectivity index (χ1n) is 9.64. The molecule has 0 spiro atoms. The van der Waals surface area contributed by atoms with Crippen molar-refractivity contribution in [1.82, 2.24) is 4.57 Å². The number of hydrogen-bond donors (Lipinski definition) is 0. The molecule has 31 heavy (non-hydrogen) atoms.